The van der Waals surface area contributed by atoms with Crippen molar-refractivity contribution in [2.24, 2.45) is 0 Å². The van der Waals surface area contributed by atoms with Crippen LogP contribution in [0.5, 0.6) is 0 Å². The van der Waals surface area contributed by atoms with Gasteiger partial charge in [-0.05, 0) is 23.4 Å². The molecule has 1 N–H and O–H groups in total. The van der Waals surface area contributed by atoms with Crippen LogP contribution in [-0.2, 0) is 11.2 Å². The van der Waals surface area contributed by atoms with Crippen LogP contribution in [0.3, 0.4) is 0 Å². The second-order valence-corrected chi connectivity index (χ2v) is 4.71. The Kier molecular flexibility index (Phi) is 4.93. The average Bonchev–Trinajstić information content (AvgIpc) is 2.72. The Morgan fingerprint density at radius 3 is 2.53 bits per heavy atom. The Balaban J connectivity index is 2.97. The van der Waals surface area contributed by atoms with Crippen LogP contribution in [0.4, 0.5) is 13.2 Å². The molecule has 1 heterocycles. The molecule has 1 aromatic rings. The summed E-state index contributed by atoms with van der Waals surface area (Å²) < 4.78 is 37.1. The second kappa shape index (κ2) is 6.05. The first-order chi connectivity index (χ1) is 8.74. The fraction of sp³-hybridized carbons (Fsp3) is 0.455. The summed E-state index contributed by atoms with van der Waals surface area (Å²) in [5, 5.41) is 10.2. The molecule has 0 unspecified atom stereocenters. The van der Waals surface area contributed by atoms with Gasteiger partial charge in [-0.15, -0.1) is 11.3 Å². The van der Waals surface area contributed by atoms with Gasteiger partial charge >= 0.3 is 12.1 Å². The van der Waals surface area contributed by atoms with E-state index in [1.165, 1.54) is 0 Å². The van der Waals surface area contributed by atoms with Crippen molar-refractivity contribution in [3.63, 3.8) is 0 Å². The molecule has 0 aliphatic carbocycles. The van der Waals surface area contributed by atoms with E-state index in [2.05, 4.69) is 0 Å². The Morgan fingerprint density at radius 2 is 2.05 bits per heavy atom. The number of carbonyl (C=O) groups is 2. The minimum absolute atomic E-state index is 0.160. The largest absolute Gasteiger partial charge is 0.480 e. The Morgan fingerprint density at radius 1 is 1.42 bits per heavy atom. The molecule has 4 nitrogen and oxygen atoms in total. The Hall–Kier alpha value is -1.57. The predicted molar refractivity (Wildman–Crippen MR) is 63.3 cm³/mol. The highest BCUT2D eigenvalue weighted by Crippen LogP contribution is 2.22. The summed E-state index contributed by atoms with van der Waals surface area (Å²) in [5.74, 6) is -2.38. The van der Waals surface area contributed by atoms with Gasteiger partial charge < -0.3 is 10.0 Å². The normalized spacial score (nSPS) is 11.4. The molecular weight excluding hydrogens is 283 g/mol. The third kappa shape index (κ3) is 4.55. The van der Waals surface area contributed by atoms with Gasteiger partial charge in [0.25, 0.3) is 5.91 Å². The van der Waals surface area contributed by atoms with E-state index in [-0.39, 0.29) is 4.88 Å². The third-order valence-electron chi connectivity index (χ3n) is 2.31. The SMILES string of the molecule is CCc1ccsc1C(=O)N(CC(=O)O)CC(F)(F)F. The lowest BCUT2D eigenvalue weighted by Gasteiger charge is -2.22. The van der Waals surface area contributed by atoms with Crippen LogP contribution in [0.1, 0.15) is 22.2 Å². The van der Waals surface area contributed by atoms with E-state index >= 15 is 0 Å². The number of hydrogen-bond acceptors (Lipinski definition) is 3. The summed E-state index contributed by atoms with van der Waals surface area (Å²) in [5.41, 5.74) is 0.618. The van der Waals surface area contributed by atoms with E-state index in [1.54, 1.807) is 18.4 Å². The molecular formula is C11H12F3NO3S. The Bertz CT molecular complexity index is 470. The number of carboxylic acid groups (broad SMARTS) is 1. The van der Waals surface area contributed by atoms with Crippen LogP contribution in [-0.4, -0.2) is 41.1 Å². The first-order valence-electron chi connectivity index (χ1n) is 5.38. The molecule has 0 saturated carbocycles. The number of aliphatic carboxylic acids is 1. The Labute approximate surface area is 111 Å². The van der Waals surface area contributed by atoms with Crippen molar-refractivity contribution in [3.8, 4) is 0 Å². The van der Waals surface area contributed by atoms with Crippen molar-refractivity contribution in [1.82, 2.24) is 4.90 Å². The van der Waals surface area contributed by atoms with Gasteiger partial charge in [-0.25, -0.2) is 0 Å². The molecule has 0 fully saturated rings. The molecule has 0 saturated heterocycles. The predicted octanol–water partition coefficient (Wildman–Crippen LogP) is 2.40. The highest BCUT2D eigenvalue weighted by Gasteiger charge is 2.35. The molecule has 0 radical (unpaired) electrons. The van der Waals surface area contributed by atoms with Crippen molar-refractivity contribution in [2.45, 2.75) is 19.5 Å². The van der Waals surface area contributed by atoms with E-state index in [0.29, 0.717) is 16.9 Å². The quantitative estimate of drug-likeness (QED) is 0.907. The highest BCUT2D eigenvalue weighted by atomic mass is 32.1. The van der Waals surface area contributed by atoms with Crippen LogP contribution in [0.2, 0.25) is 0 Å². The van der Waals surface area contributed by atoms with Gasteiger partial charge in [0.1, 0.15) is 13.1 Å². The molecule has 0 aliphatic rings. The lowest BCUT2D eigenvalue weighted by molar-refractivity contribution is -0.149. The van der Waals surface area contributed by atoms with Crippen molar-refractivity contribution < 1.29 is 27.9 Å². The first kappa shape index (κ1) is 15.5. The standard InChI is InChI=1S/C11H12F3NO3S/c1-2-7-3-4-19-9(7)10(18)15(5-8(16)17)6-11(12,13)14/h3-4H,2,5-6H2,1H3,(H,16,17). The van der Waals surface area contributed by atoms with Gasteiger partial charge in [0, 0.05) is 0 Å². The fourth-order valence-electron chi connectivity index (χ4n) is 1.52. The third-order valence-corrected chi connectivity index (χ3v) is 3.25. The number of carboxylic acids is 1. The lowest BCUT2D eigenvalue weighted by Crippen LogP contribution is -2.42. The number of hydrogen-bond donors (Lipinski definition) is 1. The van der Waals surface area contributed by atoms with Gasteiger partial charge in [-0.2, -0.15) is 13.2 Å². The van der Waals surface area contributed by atoms with Crippen LogP contribution >= 0.6 is 11.3 Å². The fourth-order valence-corrected chi connectivity index (χ4v) is 2.49. The van der Waals surface area contributed by atoms with E-state index in [0.717, 1.165) is 11.3 Å². The summed E-state index contributed by atoms with van der Waals surface area (Å²) in [7, 11) is 0. The second-order valence-electron chi connectivity index (χ2n) is 3.80. The van der Waals surface area contributed by atoms with E-state index in [4.69, 9.17) is 5.11 Å². The number of amides is 1. The zero-order valence-corrected chi connectivity index (χ0v) is 10.8. The van der Waals surface area contributed by atoms with Crippen LogP contribution in [0, 0.1) is 0 Å². The van der Waals surface area contributed by atoms with Crippen molar-refractivity contribution in [3.05, 3.63) is 21.9 Å². The van der Waals surface area contributed by atoms with Crippen molar-refractivity contribution in [1.29, 1.82) is 0 Å². The van der Waals surface area contributed by atoms with Crippen LogP contribution in [0.15, 0.2) is 11.4 Å². The summed E-state index contributed by atoms with van der Waals surface area (Å²) >= 11 is 1.01. The van der Waals surface area contributed by atoms with E-state index in [9.17, 15) is 22.8 Å². The number of nitrogens with zero attached hydrogens (tertiary/aromatic N) is 1. The molecule has 19 heavy (non-hydrogen) atoms. The maximum atomic E-state index is 12.4. The molecule has 1 rings (SSSR count). The smallest absolute Gasteiger partial charge is 0.406 e. The lowest BCUT2D eigenvalue weighted by atomic mass is 10.2. The zero-order valence-electron chi connectivity index (χ0n) is 10.0. The molecule has 0 bridgehead atoms. The van der Waals surface area contributed by atoms with Crippen LogP contribution < -0.4 is 0 Å². The summed E-state index contributed by atoms with van der Waals surface area (Å²) in [4.78, 5) is 23.0. The summed E-state index contributed by atoms with van der Waals surface area (Å²) in [6.45, 7) is -0.775. The number of halogens is 3. The van der Waals surface area contributed by atoms with Crippen molar-refractivity contribution >= 4 is 23.2 Å². The highest BCUT2D eigenvalue weighted by molar-refractivity contribution is 7.12. The maximum Gasteiger partial charge on any atom is 0.406 e. The summed E-state index contributed by atoms with van der Waals surface area (Å²) in [6.07, 6.45) is -4.13. The van der Waals surface area contributed by atoms with Gasteiger partial charge in [-0.1, -0.05) is 6.92 Å². The topological polar surface area (TPSA) is 57.6 Å². The molecule has 0 aliphatic heterocycles. The molecule has 106 valence electrons. The van der Waals surface area contributed by atoms with E-state index in [1.807, 2.05) is 0 Å². The van der Waals surface area contributed by atoms with Crippen LogP contribution in [0.25, 0.3) is 0 Å². The molecule has 8 heteroatoms. The van der Waals surface area contributed by atoms with Gasteiger partial charge in [0.15, 0.2) is 0 Å². The summed E-state index contributed by atoms with van der Waals surface area (Å²) in [6, 6.07) is 1.64. The van der Waals surface area contributed by atoms with Gasteiger partial charge in [-0.3, -0.25) is 9.59 Å². The minimum atomic E-state index is -4.63. The maximum absolute atomic E-state index is 12.4. The number of alkyl halides is 3. The number of rotatable bonds is 5. The van der Waals surface area contributed by atoms with Gasteiger partial charge in [0.05, 0.1) is 4.88 Å². The number of thiophene rings is 1. The van der Waals surface area contributed by atoms with E-state index < -0.39 is 31.1 Å². The molecule has 0 spiro atoms. The molecule has 0 aromatic carbocycles. The first-order valence-corrected chi connectivity index (χ1v) is 6.26. The zero-order chi connectivity index (χ0) is 14.6. The molecule has 0 atom stereocenters. The number of carbonyl (C=O) groups excluding carboxylic acids is 1. The monoisotopic (exact) mass is 295 g/mol. The van der Waals surface area contributed by atoms with Gasteiger partial charge in [0.2, 0.25) is 0 Å². The number of aryl methyl sites for hydroxylation is 1. The molecule has 1 amide bonds. The minimum Gasteiger partial charge on any atom is -0.480 e. The van der Waals surface area contributed by atoms with Crippen molar-refractivity contribution in [2.75, 3.05) is 13.1 Å². The molecule has 1 aromatic heterocycles. The average molecular weight is 295 g/mol.